The zero-order chi connectivity index (χ0) is 13.8. The molecule has 2 unspecified atom stereocenters. The van der Waals surface area contributed by atoms with E-state index in [0.717, 1.165) is 12.7 Å². The van der Waals surface area contributed by atoms with Crippen molar-refractivity contribution in [1.29, 1.82) is 0 Å². The molecule has 1 aromatic carbocycles. The van der Waals surface area contributed by atoms with Crippen LogP contribution in [0, 0.1) is 0 Å². The van der Waals surface area contributed by atoms with E-state index < -0.39 is 18.3 Å². The summed E-state index contributed by atoms with van der Waals surface area (Å²) in [5, 5.41) is 0.836. The van der Waals surface area contributed by atoms with Gasteiger partial charge in [-0.2, -0.15) is 0 Å². The van der Waals surface area contributed by atoms with Crippen molar-refractivity contribution < 1.29 is 19.3 Å². The molecule has 0 spiro atoms. The van der Waals surface area contributed by atoms with E-state index in [1.165, 1.54) is 0 Å². The largest absolute Gasteiger partial charge is 0.777 e. The second kappa shape index (κ2) is 6.18. The van der Waals surface area contributed by atoms with Crippen LogP contribution < -0.4 is 10.2 Å². The van der Waals surface area contributed by atoms with Crippen LogP contribution in [0.25, 0.3) is 0 Å². The minimum Gasteiger partial charge on any atom is -0.777 e. The SMILES string of the molecule is COP(=O)([O-])C(Cl)C(C)(C)[NH2+]Cc1ccccc1. The van der Waals surface area contributed by atoms with Crippen molar-refractivity contribution >= 4 is 19.2 Å². The predicted molar refractivity (Wildman–Crippen MR) is 70.4 cm³/mol. The van der Waals surface area contributed by atoms with Crippen LogP contribution in [0.5, 0.6) is 0 Å². The van der Waals surface area contributed by atoms with Crippen LogP contribution in [0.15, 0.2) is 30.3 Å². The molecule has 2 atom stereocenters. The monoisotopic (exact) mass is 291 g/mol. The molecule has 102 valence electrons. The molecule has 0 radical (unpaired) electrons. The molecule has 0 aliphatic carbocycles. The second-order valence-electron chi connectivity index (χ2n) is 4.77. The number of hydrogen-bond acceptors (Lipinski definition) is 3. The van der Waals surface area contributed by atoms with Gasteiger partial charge < -0.3 is 19.3 Å². The molecular weight excluding hydrogens is 273 g/mol. The first kappa shape index (κ1) is 15.7. The number of benzene rings is 1. The Morgan fingerprint density at radius 3 is 2.50 bits per heavy atom. The molecule has 0 bridgehead atoms. The highest BCUT2D eigenvalue weighted by Crippen LogP contribution is 2.47. The van der Waals surface area contributed by atoms with E-state index in [2.05, 4.69) is 4.52 Å². The molecule has 0 aromatic heterocycles. The number of hydrogen-bond donors (Lipinski definition) is 1. The minimum atomic E-state index is -4.02. The highest BCUT2D eigenvalue weighted by Gasteiger charge is 2.39. The number of quaternary nitrogens is 1. The fraction of sp³-hybridized carbons (Fsp3) is 0.500. The summed E-state index contributed by atoms with van der Waals surface area (Å²) in [5.74, 6) is 0. The van der Waals surface area contributed by atoms with E-state index in [9.17, 15) is 9.46 Å². The summed E-state index contributed by atoms with van der Waals surface area (Å²) in [5.41, 5.74) is 0.456. The maximum absolute atomic E-state index is 11.6. The topological polar surface area (TPSA) is 66.0 Å². The van der Waals surface area contributed by atoms with Crippen LogP contribution in [0.4, 0.5) is 0 Å². The Bertz CT molecular complexity index is 425. The first-order valence-corrected chi connectivity index (χ1v) is 7.73. The summed E-state index contributed by atoms with van der Waals surface area (Å²) in [6.45, 7) is 4.25. The molecule has 0 heterocycles. The smallest absolute Gasteiger partial charge is 0.158 e. The van der Waals surface area contributed by atoms with Crippen molar-refractivity contribution in [3.63, 3.8) is 0 Å². The van der Waals surface area contributed by atoms with Gasteiger partial charge in [-0.1, -0.05) is 30.3 Å². The standard InChI is InChI=1S/C12H19ClNO3P/c1-12(2,11(13)18(15,16)17-3)14-9-10-7-5-4-6-8-10/h4-8,11,14H,9H2,1-3H3,(H,15,16). The van der Waals surface area contributed by atoms with Gasteiger partial charge in [0.1, 0.15) is 12.1 Å². The summed E-state index contributed by atoms with van der Waals surface area (Å²) < 4.78 is 16.1. The minimum absolute atomic E-state index is 0.662. The Labute approximate surface area is 113 Å². The highest BCUT2D eigenvalue weighted by atomic mass is 35.5. The third-order valence-corrected chi connectivity index (χ3v) is 5.86. The van der Waals surface area contributed by atoms with Crippen molar-refractivity contribution in [1.82, 2.24) is 0 Å². The van der Waals surface area contributed by atoms with Gasteiger partial charge in [0.05, 0.1) is 0 Å². The summed E-state index contributed by atoms with van der Waals surface area (Å²) in [7, 11) is -2.89. The van der Waals surface area contributed by atoms with Crippen LogP contribution in [0.3, 0.4) is 0 Å². The van der Waals surface area contributed by atoms with Gasteiger partial charge in [-0.05, 0) is 13.8 Å². The molecule has 0 aliphatic heterocycles. The Hall–Kier alpha value is -0.380. The van der Waals surface area contributed by atoms with Gasteiger partial charge >= 0.3 is 0 Å². The van der Waals surface area contributed by atoms with Crippen LogP contribution >= 0.6 is 19.2 Å². The van der Waals surface area contributed by atoms with Crippen molar-refractivity contribution in [2.75, 3.05) is 7.11 Å². The predicted octanol–water partition coefficient (Wildman–Crippen LogP) is 1.29. The lowest BCUT2D eigenvalue weighted by atomic mass is 10.1. The third kappa shape index (κ3) is 4.08. The molecule has 1 aromatic rings. The first-order valence-electron chi connectivity index (χ1n) is 5.68. The van der Waals surface area contributed by atoms with Crippen molar-refractivity contribution in [2.24, 2.45) is 0 Å². The van der Waals surface area contributed by atoms with Crippen LogP contribution in [0.2, 0.25) is 0 Å². The van der Waals surface area contributed by atoms with Gasteiger partial charge in [-0.3, -0.25) is 0 Å². The molecule has 1 rings (SSSR count). The van der Waals surface area contributed by atoms with Gasteiger partial charge in [0, 0.05) is 12.7 Å². The molecule has 0 aliphatic rings. The molecule has 0 amide bonds. The maximum atomic E-state index is 11.6. The summed E-state index contributed by atoms with van der Waals surface area (Å²) >= 11 is 6.00. The van der Waals surface area contributed by atoms with E-state index in [-0.39, 0.29) is 0 Å². The Morgan fingerprint density at radius 2 is 2.00 bits per heavy atom. The molecule has 2 N–H and O–H groups in total. The lowest BCUT2D eigenvalue weighted by Gasteiger charge is -2.35. The zero-order valence-electron chi connectivity index (χ0n) is 10.8. The van der Waals surface area contributed by atoms with Gasteiger partial charge in [0.25, 0.3) is 0 Å². The lowest BCUT2D eigenvalue weighted by Crippen LogP contribution is -2.96. The molecule has 0 saturated carbocycles. The Kier molecular flexibility index (Phi) is 5.38. The van der Waals surface area contributed by atoms with Crippen LogP contribution in [-0.4, -0.2) is 17.8 Å². The molecule has 4 nitrogen and oxygen atoms in total. The molecule has 0 saturated heterocycles. The Balaban J connectivity index is 2.68. The number of alkyl halides is 1. The molecule has 0 fully saturated rings. The number of rotatable bonds is 6. The average Bonchev–Trinajstić information content (AvgIpc) is 2.37. The van der Waals surface area contributed by atoms with E-state index in [1.54, 1.807) is 13.8 Å². The van der Waals surface area contributed by atoms with Crippen molar-refractivity contribution in [3.8, 4) is 0 Å². The highest BCUT2D eigenvalue weighted by molar-refractivity contribution is 7.54. The van der Waals surface area contributed by atoms with E-state index in [0.29, 0.717) is 6.54 Å². The molecule has 6 heteroatoms. The van der Waals surface area contributed by atoms with Crippen LogP contribution in [-0.2, 0) is 15.6 Å². The Morgan fingerprint density at radius 1 is 1.44 bits per heavy atom. The zero-order valence-corrected chi connectivity index (χ0v) is 12.4. The number of halogens is 1. The quantitative estimate of drug-likeness (QED) is 0.634. The summed E-state index contributed by atoms with van der Waals surface area (Å²) in [4.78, 5) is 11.6. The van der Waals surface area contributed by atoms with Gasteiger partial charge in [-0.25, -0.2) is 0 Å². The van der Waals surface area contributed by atoms with E-state index in [4.69, 9.17) is 11.6 Å². The third-order valence-electron chi connectivity index (χ3n) is 2.85. The first-order chi connectivity index (χ1) is 8.29. The van der Waals surface area contributed by atoms with Crippen molar-refractivity contribution in [3.05, 3.63) is 35.9 Å². The van der Waals surface area contributed by atoms with Gasteiger partial charge in [-0.15, -0.1) is 11.6 Å². The fourth-order valence-corrected chi connectivity index (χ4v) is 3.03. The maximum Gasteiger partial charge on any atom is 0.158 e. The number of nitrogens with two attached hydrogens (primary N) is 1. The lowest BCUT2D eigenvalue weighted by molar-refractivity contribution is -0.732. The summed E-state index contributed by atoms with van der Waals surface area (Å²) in [6, 6.07) is 9.81. The van der Waals surface area contributed by atoms with Crippen LogP contribution in [0.1, 0.15) is 19.4 Å². The molecular formula is C12H19ClNO3P. The fourth-order valence-electron chi connectivity index (χ4n) is 1.59. The van der Waals surface area contributed by atoms with Crippen molar-refractivity contribution in [2.45, 2.75) is 31.0 Å². The van der Waals surface area contributed by atoms with Gasteiger partial charge in [0.2, 0.25) is 0 Å². The van der Waals surface area contributed by atoms with E-state index in [1.807, 2.05) is 35.6 Å². The normalized spacial score (nSPS) is 17.2. The van der Waals surface area contributed by atoms with E-state index >= 15 is 0 Å². The summed E-state index contributed by atoms with van der Waals surface area (Å²) in [6.07, 6.45) is 0. The molecule has 18 heavy (non-hydrogen) atoms. The second-order valence-corrected chi connectivity index (χ2v) is 7.48. The average molecular weight is 292 g/mol. The van der Waals surface area contributed by atoms with Gasteiger partial charge in [0.15, 0.2) is 12.7 Å².